The van der Waals surface area contributed by atoms with Gasteiger partial charge in [-0.2, -0.15) is 0 Å². The van der Waals surface area contributed by atoms with Gasteiger partial charge >= 0.3 is 0 Å². The Kier molecular flexibility index (Phi) is 5.84. The van der Waals surface area contributed by atoms with Crippen molar-refractivity contribution in [3.8, 4) is 28.6 Å². The van der Waals surface area contributed by atoms with Crippen LogP contribution in [0.2, 0.25) is 0 Å². The molecular formula is C21H20FNO5. The topological polar surface area (TPSA) is 69.9 Å². The van der Waals surface area contributed by atoms with Crippen molar-refractivity contribution in [2.75, 3.05) is 21.3 Å². The first kappa shape index (κ1) is 19.3. The summed E-state index contributed by atoms with van der Waals surface area (Å²) in [6.45, 7) is 0.191. The molecule has 1 aromatic heterocycles. The number of furan rings is 1. The lowest BCUT2D eigenvalue weighted by Gasteiger charge is -2.13. The van der Waals surface area contributed by atoms with Crippen molar-refractivity contribution in [3.05, 3.63) is 65.7 Å². The molecule has 0 unspecified atom stereocenters. The molecule has 28 heavy (non-hydrogen) atoms. The number of halogens is 1. The summed E-state index contributed by atoms with van der Waals surface area (Å²) < 4.78 is 34.5. The molecule has 1 N–H and O–H groups in total. The van der Waals surface area contributed by atoms with E-state index >= 15 is 0 Å². The van der Waals surface area contributed by atoms with Crippen LogP contribution in [0.1, 0.15) is 16.1 Å². The van der Waals surface area contributed by atoms with E-state index in [-0.39, 0.29) is 18.3 Å². The Labute approximate surface area is 161 Å². The minimum Gasteiger partial charge on any atom is -0.493 e. The molecule has 0 bridgehead atoms. The van der Waals surface area contributed by atoms with Gasteiger partial charge in [-0.25, -0.2) is 4.39 Å². The Bertz CT molecular complexity index is 940. The predicted octanol–water partition coefficient (Wildman–Crippen LogP) is 4.04. The second-order valence-electron chi connectivity index (χ2n) is 5.87. The second-order valence-corrected chi connectivity index (χ2v) is 5.87. The number of amides is 1. The van der Waals surface area contributed by atoms with Gasteiger partial charge in [-0.1, -0.05) is 0 Å². The maximum Gasteiger partial charge on any atom is 0.251 e. The number of benzene rings is 2. The fourth-order valence-electron chi connectivity index (χ4n) is 2.72. The molecule has 2 aromatic carbocycles. The SMILES string of the molecule is COc1cc(C(=O)NCc2ccc(-c3ccc(F)cc3)o2)cc(OC)c1OC. The molecule has 3 aromatic rings. The van der Waals surface area contributed by atoms with E-state index in [0.717, 1.165) is 5.56 Å². The molecule has 0 atom stereocenters. The molecule has 146 valence electrons. The third-order valence-electron chi connectivity index (χ3n) is 4.14. The zero-order valence-corrected chi connectivity index (χ0v) is 15.7. The van der Waals surface area contributed by atoms with Gasteiger partial charge in [0.05, 0.1) is 27.9 Å². The van der Waals surface area contributed by atoms with E-state index in [1.165, 1.54) is 33.5 Å². The van der Waals surface area contributed by atoms with Crippen molar-refractivity contribution < 1.29 is 27.8 Å². The Morgan fingerprint density at radius 2 is 1.61 bits per heavy atom. The molecule has 0 radical (unpaired) electrons. The van der Waals surface area contributed by atoms with Crippen LogP contribution in [-0.4, -0.2) is 27.2 Å². The first-order chi connectivity index (χ1) is 13.5. The van der Waals surface area contributed by atoms with E-state index in [1.807, 2.05) is 0 Å². The van der Waals surface area contributed by atoms with Crippen LogP contribution in [0.5, 0.6) is 17.2 Å². The van der Waals surface area contributed by atoms with E-state index in [9.17, 15) is 9.18 Å². The first-order valence-electron chi connectivity index (χ1n) is 8.48. The molecular weight excluding hydrogens is 365 g/mol. The van der Waals surface area contributed by atoms with Crippen LogP contribution >= 0.6 is 0 Å². The zero-order chi connectivity index (χ0) is 20.1. The number of ether oxygens (including phenoxy) is 3. The Morgan fingerprint density at radius 1 is 0.964 bits per heavy atom. The van der Waals surface area contributed by atoms with E-state index in [0.29, 0.717) is 34.3 Å². The maximum absolute atomic E-state index is 13.0. The smallest absolute Gasteiger partial charge is 0.251 e. The van der Waals surface area contributed by atoms with Crippen molar-refractivity contribution in [1.29, 1.82) is 0 Å². The van der Waals surface area contributed by atoms with Crippen LogP contribution < -0.4 is 19.5 Å². The molecule has 0 saturated carbocycles. The highest BCUT2D eigenvalue weighted by Gasteiger charge is 2.17. The van der Waals surface area contributed by atoms with E-state index in [4.69, 9.17) is 18.6 Å². The average molecular weight is 385 g/mol. The molecule has 0 aliphatic rings. The first-order valence-corrected chi connectivity index (χ1v) is 8.48. The molecule has 0 spiro atoms. The third-order valence-corrected chi connectivity index (χ3v) is 4.14. The second kappa shape index (κ2) is 8.47. The van der Waals surface area contributed by atoms with Crippen LogP contribution in [0, 0.1) is 5.82 Å². The lowest BCUT2D eigenvalue weighted by Crippen LogP contribution is -2.22. The summed E-state index contributed by atoms with van der Waals surface area (Å²) in [6.07, 6.45) is 0. The number of hydrogen-bond acceptors (Lipinski definition) is 5. The van der Waals surface area contributed by atoms with Crippen LogP contribution in [0.3, 0.4) is 0 Å². The average Bonchev–Trinajstić information content (AvgIpc) is 3.20. The van der Waals surface area contributed by atoms with Crippen LogP contribution in [-0.2, 0) is 6.54 Å². The van der Waals surface area contributed by atoms with Crippen molar-refractivity contribution in [2.24, 2.45) is 0 Å². The molecule has 0 fully saturated rings. The van der Waals surface area contributed by atoms with Gasteiger partial charge in [0, 0.05) is 11.1 Å². The van der Waals surface area contributed by atoms with Crippen LogP contribution in [0.4, 0.5) is 4.39 Å². The summed E-state index contributed by atoms with van der Waals surface area (Å²) in [4.78, 5) is 12.5. The maximum atomic E-state index is 13.0. The Hall–Kier alpha value is -3.48. The summed E-state index contributed by atoms with van der Waals surface area (Å²) in [5, 5.41) is 2.78. The summed E-state index contributed by atoms with van der Waals surface area (Å²) in [6, 6.07) is 12.7. The standard InChI is InChI=1S/C21H20FNO5/c1-25-18-10-14(11-19(26-2)20(18)27-3)21(24)23-12-16-8-9-17(28-16)13-4-6-15(22)7-5-13/h4-11H,12H2,1-3H3,(H,23,24). The Morgan fingerprint density at radius 3 is 2.18 bits per heavy atom. The number of rotatable bonds is 7. The largest absolute Gasteiger partial charge is 0.493 e. The van der Waals surface area contributed by atoms with Crippen molar-refractivity contribution in [3.63, 3.8) is 0 Å². The fraction of sp³-hybridized carbons (Fsp3) is 0.190. The van der Waals surface area contributed by atoms with Crippen molar-refractivity contribution >= 4 is 5.91 Å². The molecule has 0 aliphatic carbocycles. The number of carbonyl (C=O) groups is 1. The van der Waals surface area contributed by atoms with E-state index in [1.54, 1.807) is 36.4 Å². The third kappa shape index (κ3) is 4.09. The molecule has 0 saturated heterocycles. The minimum absolute atomic E-state index is 0.191. The number of methoxy groups -OCH3 is 3. The summed E-state index contributed by atoms with van der Waals surface area (Å²) in [5.74, 6) is 1.73. The summed E-state index contributed by atoms with van der Waals surface area (Å²) in [5.41, 5.74) is 1.11. The van der Waals surface area contributed by atoms with Gasteiger partial charge in [0.2, 0.25) is 5.75 Å². The fourth-order valence-corrected chi connectivity index (χ4v) is 2.72. The number of nitrogens with one attached hydrogen (secondary N) is 1. The monoisotopic (exact) mass is 385 g/mol. The van der Waals surface area contributed by atoms with Crippen LogP contribution in [0.25, 0.3) is 11.3 Å². The van der Waals surface area contributed by atoms with E-state index < -0.39 is 0 Å². The molecule has 1 heterocycles. The van der Waals surface area contributed by atoms with Gasteiger partial charge < -0.3 is 23.9 Å². The molecule has 7 heteroatoms. The quantitative estimate of drug-likeness (QED) is 0.665. The lowest BCUT2D eigenvalue weighted by atomic mass is 10.1. The van der Waals surface area contributed by atoms with Gasteiger partial charge in [-0.15, -0.1) is 0 Å². The number of hydrogen-bond donors (Lipinski definition) is 1. The highest BCUT2D eigenvalue weighted by atomic mass is 19.1. The molecule has 0 aliphatic heterocycles. The van der Waals surface area contributed by atoms with Gasteiger partial charge in [0.1, 0.15) is 17.3 Å². The van der Waals surface area contributed by atoms with Gasteiger partial charge in [-0.05, 0) is 48.5 Å². The molecule has 1 amide bonds. The van der Waals surface area contributed by atoms with Crippen LogP contribution in [0.15, 0.2) is 52.9 Å². The van der Waals surface area contributed by atoms with Gasteiger partial charge in [-0.3, -0.25) is 4.79 Å². The number of carbonyl (C=O) groups excluding carboxylic acids is 1. The highest BCUT2D eigenvalue weighted by molar-refractivity contribution is 5.95. The normalized spacial score (nSPS) is 10.4. The van der Waals surface area contributed by atoms with Gasteiger partial charge in [0.15, 0.2) is 11.5 Å². The zero-order valence-electron chi connectivity index (χ0n) is 15.7. The van der Waals surface area contributed by atoms with Gasteiger partial charge in [0.25, 0.3) is 5.91 Å². The summed E-state index contributed by atoms with van der Waals surface area (Å²) in [7, 11) is 4.47. The van der Waals surface area contributed by atoms with E-state index in [2.05, 4.69) is 5.32 Å². The highest BCUT2D eigenvalue weighted by Crippen LogP contribution is 2.38. The molecule has 3 rings (SSSR count). The van der Waals surface area contributed by atoms with Crippen molar-refractivity contribution in [1.82, 2.24) is 5.32 Å². The lowest BCUT2D eigenvalue weighted by molar-refractivity contribution is 0.0947. The predicted molar refractivity (Wildman–Crippen MR) is 101 cm³/mol. The Balaban J connectivity index is 1.71. The van der Waals surface area contributed by atoms with Crippen molar-refractivity contribution in [2.45, 2.75) is 6.54 Å². The minimum atomic E-state index is -0.320. The summed E-state index contributed by atoms with van der Waals surface area (Å²) >= 11 is 0. The molecule has 6 nitrogen and oxygen atoms in total.